The number of nitro benzene ring substituents is 1. The Morgan fingerprint density at radius 3 is 2.46 bits per heavy atom. The van der Waals surface area contributed by atoms with Crippen LogP contribution in [0.1, 0.15) is 24.9 Å². The minimum absolute atomic E-state index is 0.123. The first kappa shape index (κ1) is 17.1. The number of carbonyl (C=O) groups excluding carboxylic acids is 2. The molecule has 0 radical (unpaired) electrons. The lowest BCUT2D eigenvalue weighted by Crippen LogP contribution is -2.36. The molecule has 0 heterocycles. The maximum absolute atomic E-state index is 12.5. The number of nitrogens with one attached hydrogen (secondary N) is 2. The van der Waals surface area contributed by atoms with Crippen molar-refractivity contribution in [3.8, 4) is 0 Å². The molecule has 0 spiro atoms. The van der Waals surface area contributed by atoms with E-state index in [0.29, 0.717) is 11.3 Å². The fourth-order valence-corrected chi connectivity index (χ4v) is 2.12. The van der Waals surface area contributed by atoms with E-state index in [2.05, 4.69) is 10.6 Å². The highest BCUT2D eigenvalue weighted by atomic mass is 16.6. The summed E-state index contributed by atoms with van der Waals surface area (Å²) in [7, 11) is 0. The highest BCUT2D eigenvalue weighted by Crippen LogP contribution is 2.20. The Kier molecular flexibility index (Phi) is 5.62. The smallest absolute Gasteiger partial charge is 0.271 e. The number of hydrogen-bond acceptors (Lipinski definition) is 4. The van der Waals surface area contributed by atoms with Gasteiger partial charge in [-0.25, -0.2) is 0 Å². The predicted molar refractivity (Wildman–Crippen MR) is 89.3 cm³/mol. The van der Waals surface area contributed by atoms with Crippen LogP contribution < -0.4 is 10.6 Å². The molecule has 0 aliphatic rings. The fourth-order valence-electron chi connectivity index (χ4n) is 2.12. The molecule has 2 aromatic rings. The summed E-state index contributed by atoms with van der Waals surface area (Å²) in [4.78, 5) is 34.5. The number of amides is 2. The molecule has 0 bridgehead atoms. The fraction of sp³-hybridized carbons (Fsp3) is 0.176. The average molecular weight is 327 g/mol. The van der Waals surface area contributed by atoms with Crippen LogP contribution in [-0.4, -0.2) is 16.7 Å². The molecule has 2 rings (SSSR count). The summed E-state index contributed by atoms with van der Waals surface area (Å²) in [6, 6.07) is 13.6. The van der Waals surface area contributed by atoms with Crippen molar-refractivity contribution in [3.63, 3.8) is 0 Å². The maximum atomic E-state index is 12.5. The first-order valence-electron chi connectivity index (χ1n) is 7.41. The molecule has 0 aromatic heterocycles. The zero-order valence-corrected chi connectivity index (χ0v) is 13.1. The molecule has 0 fully saturated rings. The van der Waals surface area contributed by atoms with Crippen LogP contribution in [-0.2, 0) is 9.59 Å². The number of anilines is 1. The molecule has 0 aliphatic heterocycles. The molecule has 2 aromatic carbocycles. The quantitative estimate of drug-likeness (QED) is 0.629. The van der Waals surface area contributed by atoms with Gasteiger partial charge in [0, 0.05) is 24.2 Å². The van der Waals surface area contributed by atoms with Gasteiger partial charge in [-0.15, -0.1) is 0 Å². The lowest BCUT2D eigenvalue weighted by Gasteiger charge is -2.18. The first-order chi connectivity index (χ1) is 11.5. The average Bonchev–Trinajstić information content (AvgIpc) is 2.60. The second-order valence-electron chi connectivity index (χ2n) is 5.06. The Hall–Kier alpha value is -3.22. The monoisotopic (exact) mass is 327 g/mol. The highest BCUT2D eigenvalue weighted by Gasteiger charge is 2.22. The molecule has 7 nitrogen and oxygen atoms in total. The third kappa shape index (κ3) is 4.39. The minimum atomic E-state index is -0.877. The van der Waals surface area contributed by atoms with E-state index >= 15 is 0 Å². The van der Waals surface area contributed by atoms with Crippen LogP contribution in [0.15, 0.2) is 54.6 Å². The maximum Gasteiger partial charge on any atom is 0.271 e. The Bertz CT molecular complexity index is 747. The van der Waals surface area contributed by atoms with E-state index in [1.165, 1.54) is 18.2 Å². The van der Waals surface area contributed by atoms with Crippen molar-refractivity contribution in [3.05, 3.63) is 70.3 Å². The van der Waals surface area contributed by atoms with Crippen molar-refractivity contribution >= 4 is 23.2 Å². The van der Waals surface area contributed by atoms with Crippen molar-refractivity contribution in [1.29, 1.82) is 0 Å². The summed E-state index contributed by atoms with van der Waals surface area (Å²) >= 11 is 0. The molecule has 0 saturated carbocycles. The molecular formula is C17H17N3O4. The minimum Gasteiger partial charge on any atom is -0.341 e. The topological polar surface area (TPSA) is 101 Å². The Morgan fingerprint density at radius 2 is 1.83 bits per heavy atom. The summed E-state index contributed by atoms with van der Waals surface area (Å²) in [5, 5.41) is 16.1. The molecule has 124 valence electrons. The van der Waals surface area contributed by atoms with Gasteiger partial charge < -0.3 is 10.6 Å². The summed E-state index contributed by atoms with van der Waals surface area (Å²) in [6.45, 7) is 1.69. The highest BCUT2D eigenvalue weighted by molar-refractivity contribution is 5.98. The standard InChI is InChI=1S/C17H17N3O4/c1-2-15(21)19-16(12-7-4-3-5-8-12)17(22)18-13-9-6-10-14(11-13)20(23)24/h3-11,16H,2H2,1H3,(H,18,22)(H,19,21)/t16-/m0/s1. The molecule has 1 atom stereocenters. The van der Waals surface area contributed by atoms with Crippen LogP contribution in [0.2, 0.25) is 0 Å². The number of hydrogen-bond donors (Lipinski definition) is 2. The van der Waals surface area contributed by atoms with Gasteiger partial charge in [0.25, 0.3) is 11.6 Å². The SMILES string of the molecule is CCC(=O)N[C@H](C(=O)Nc1cccc([N+](=O)[O-])c1)c1ccccc1. The van der Waals surface area contributed by atoms with Crippen LogP contribution >= 0.6 is 0 Å². The van der Waals surface area contributed by atoms with Crippen LogP contribution in [0.5, 0.6) is 0 Å². The number of nitro groups is 1. The first-order valence-corrected chi connectivity index (χ1v) is 7.41. The van der Waals surface area contributed by atoms with E-state index in [-0.39, 0.29) is 18.0 Å². The molecule has 2 amide bonds. The molecular weight excluding hydrogens is 310 g/mol. The molecule has 7 heteroatoms. The van der Waals surface area contributed by atoms with E-state index in [0.717, 1.165) is 0 Å². The van der Waals surface area contributed by atoms with Gasteiger partial charge >= 0.3 is 0 Å². The van der Waals surface area contributed by atoms with Crippen molar-refractivity contribution in [1.82, 2.24) is 5.32 Å². The third-order valence-corrected chi connectivity index (χ3v) is 3.35. The van der Waals surface area contributed by atoms with Gasteiger partial charge in [-0.1, -0.05) is 43.3 Å². The zero-order chi connectivity index (χ0) is 17.5. The Labute approximate surface area is 138 Å². The summed E-state index contributed by atoms with van der Waals surface area (Å²) < 4.78 is 0. The van der Waals surface area contributed by atoms with E-state index in [9.17, 15) is 19.7 Å². The molecule has 24 heavy (non-hydrogen) atoms. The van der Waals surface area contributed by atoms with E-state index in [4.69, 9.17) is 0 Å². The summed E-state index contributed by atoms with van der Waals surface area (Å²) in [5.74, 6) is -0.735. The third-order valence-electron chi connectivity index (χ3n) is 3.35. The molecule has 2 N–H and O–H groups in total. The predicted octanol–water partition coefficient (Wildman–Crippen LogP) is 2.80. The second kappa shape index (κ2) is 7.87. The number of benzene rings is 2. The van der Waals surface area contributed by atoms with Gasteiger partial charge in [0.2, 0.25) is 5.91 Å². The van der Waals surface area contributed by atoms with Gasteiger partial charge in [0.1, 0.15) is 6.04 Å². The van der Waals surface area contributed by atoms with Crippen LogP contribution in [0.3, 0.4) is 0 Å². The normalized spacial score (nSPS) is 11.4. The van der Waals surface area contributed by atoms with E-state index in [1.54, 1.807) is 43.3 Å². The second-order valence-corrected chi connectivity index (χ2v) is 5.06. The number of nitrogens with zero attached hydrogens (tertiary/aromatic N) is 1. The van der Waals surface area contributed by atoms with E-state index < -0.39 is 16.9 Å². The van der Waals surface area contributed by atoms with Crippen molar-refractivity contribution in [2.75, 3.05) is 5.32 Å². The molecule has 0 aliphatic carbocycles. The van der Waals surface area contributed by atoms with Gasteiger partial charge in [-0.3, -0.25) is 19.7 Å². The number of carbonyl (C=O) groups is 2. The lowest BCUT2D eigenvalue weighted by molar-refractivity contribution is -0.384. The summed E-state index contributed by atoms with van der Waals surface area (Å²) in [6.07, 6.45) is 0.243. The van der Waals surface area contributed by atoms with E-state index in [1.807, 2.05) is 0 Å². The molecule has 0 unspecified atom stereocenters. The van der Waals surface area contributed by atoms with Crippen molar-refractivity contribution < 1.29 is 14.5 Å². The zero-order valence-electron chi connectivity index (χ0n) is 13.1. The van der Waals surface area contributed by atoms with Gasteiger partial charge in [-0.2, -0.15) is 0 Å². The number of rotatable bonds is 6. The lowest BCUT2D eigenvalue weighted by atomic mass is 10.1. The van der Waals surface area contributed by atoms with Gasteiger partial charge in [-0.05, 0) is 11.6 Å². The number of non-ortho nitro benzene ring substituents is 1. The van der Waals surface area contributed by atoms with Crippen molar-refractivity contribution in [2.24, 2.45) is 0 Å². The summed E-state index contributed by atoms with van der Waals surface area (Å²) in [5.41, 5.74) is 0.796. The van der Waals surface area contributed by atoms with Gasteiger partial charge in [0.05, 0.1) is 4.92 Å². The molecule has 0 saturated heterocycles. The largest absolute Gasteiger partial charge is 0.341 e. The van der Waals surface area contributed by atoms with Crippen LogP contribution in [0, 0.1) is 10.1 Å². The van der Waals surface area contributed by atoms with Crippen molar-refractivity contribution in [2.45, 2.75) is 19.4 Å². The van der Waals surface area contributed by atoms with Crippen LogP contribution in [0.4, 0.5) is 11.4 Å². The Morgan fingerprint density at radius 1 is 1.12 bits per heavy atom. The Balaban J connectivity index is 2.23. The van der Waals surface area contributed by atoms with Gasteiger partial charge in [0.15, 0.2) is 0 Å². The van der Waals surface area contributed by atoms with Crippen LogP contribution in [0.25, 0.3) is 0 Å².